The molecular formula is C15H26N4O. The third kappa shape index (κ3) is 3.40. The van der Waals surface area contributed by atoms with Gasteiger partial charge in [0.2, 0.25) is 0 Å². The number of hydrogen-bond donors (Lipinski definition) is 0. The Balaban J connectivity index is 1.45. The second-order valence-corrected chi connectivity index (χ2v) is 5.86. The molecule has 0 atom stereocenters. The Morgan fingerprint density at radius 1 is 1.20 bits per heavy atom. The van der Waals surface area contributed by atoms with Crippen LogP contribution in [0.2, 0.25) is 0 Å². The van der Waals surface area contributed by atoms with Crippen LogP contribution in [-0.2, 0) is 17.8 Å². The molecule has 3 heterocycles. The average molecular weight is 278 g/mol. The summed E-state index contributed by atoms with van der Waals surface area (Å²) in [4.78, 5) is 5.21. The van der Waals surface area contributed by atoms with Crippen LogP contribution in [0.1, 0.15) is 25.3 Å². The maximum atomic E-state index is 5.46. The van der Waals surface area contributed by atoms with Gasteiger partial charge in [-0.05, 0) is 19.8 Å². The highest BCUT2D eigenvalue weighted by atomic mass is 16.5. The zero-order valence-electron chi connectivity index (χ0n) is 12.5. The third-order valence-corrected chi connectivity index (χ3v) is 4.53. The Morgan fingerprint density at radius 3 is 2.60 bits per heavy atom. The summed E-state index contributed by atoms with van der Waals surface area (Å²) in [6.45, 7) is 10.8. The van der Waals surface area contributed by atoms with Gasteiger partial charge in [0.05, 0.1) is 6.20 Å². The van der Waals surface area contributed by atoms with Crippen LogP contribution in [0.4, 0.5) is 0 Å². The Morgan fingerprint density at radius 2 is 1.95 bits per heavy atom. The number of hydrogen-bond acceptors (Lipinski definition) is 4. The number of aromatic nitrogens is 2. The number of aryl methyl sites for hydroxylation is 1. The molecule has 0 amide bonds. The topological polar surface area (TPSA) is 33.5 Å². The van der Waals surface area contributed by atoms with Gasteiger partial charge in [-0.1, -0.05) is 0 Å². The number of ether oxygens (including phenoxy) is 1. The van der Waals surface area contributed by atoms with Gasteiger partial charge in [0.1, 0.15) is 0 Å². The van der Waals surface area contributed by atoms with Crippen LogP contribution in [0.3, 0.4) is 0 Å². The highest BCUT2D eigenvalue weighted by Crippen LogP contribution is 2.17. The smallest absolute Gasteiger partial charge is 0.0534 e. The van der Waals surface area contributed by atoms with E-state index in [1.54, 1.807) is 0 Å². The summed E-state index contributed by atoms with van der Waals surface area (Å²) < 4.78 is 7.46. The number of rotatable bonds is 4. The molecule has 0 aliphatic carbocycles. The molecular weight excluding hydrogens is 252 g/mol. The van der Waals surface area contributed by atoms with Crippen molar-refractivity contribution in [3.8, 4) is 0 Å². The normalized spacial score (nSPS) is 23.2. The molecule has 20 heavy (non-hydrogen) atoms. The summed E-state index contributed by atoms with van der Waals surface area (Å²) in [5.41, 5.74) is 1.34. The first-order valence-corrected chi connectivity index (χ1v) is 7.90. The van der Waals surface area contributed by atoms with E-state index in [2.05, 4.69) is 28.0 Å². The summed E-state index contributed by atoms with van der Waals surface area (Å²) in [6, 6.07) is 0.758. The summed E-state index contributed by atoms with van der Waals surface area (Å²) in [6.07, 6.45) is 6.60. The van der Waals surface area contributed by atoms with E-state index < -0.39 is 0 Å². The predicted molar refractivity (Wildman–Crippen MR) is 78.6 cm³/mol. The molecule has 2 saturated heterocycles. The first-order chi connectivity index (χ1) is 9.85. The molecule has 0 bridgehead atoms. The standard InChI is InChI=1S/C15H26N4O/c1-2-19-13-14(11-16-19)12-17-5-7-18(8-6-17)15-3-9-20-10-4-15/h11,13,15H,2-10,12H2,1H3. The van der Waals surface area contributed by atoms with Crippen LogP contribution in [-0.4, -0.2) is 65.0 Å². The fraction of sp³-hybridized carbons (Fsp3) is 0.800. The van der Waals surface area contributed by atoms with Crippen molar-refractivity contribution < 1.29 is 4.74 Å². The van der Waals surface area contributed by atoms with Crippen LogP contribution in [0.25, 0.3) is 0 Å². The monoisotopic (exact) mass is 278 g/mol. The summed E-state index contributed by atoms with van der Waals surface area (Å²) >= 11 is 0. The minimum absolute atomic E-state index is 0.758. The van der Waals surface area contributed by atoms with Crippen molar-refractivity contribution in [2.24, 2.45) is 0 Å². The lowest BCUT2D eigenvalue weighted by Crippen LogP contribution is -2.51. The van der Waals surface area contributed by atoms with Gasteiger partial charge in [0, 0.05) is 70.3 Å². The van der Waals surface area contributed by atoms with Crippen molar-refractivity contribution in [1.82, 2.24) is 19.6 Å². The fourth-order valence-corrected chi connectivity index (χ4v) is 3.26. The maximum Gasteiger partial charge on any atom is 0.0534 e. The van der Waals surface area contributed by atoms with Crippen LogP contribution in [0.15, 0.2) is 12.4 Å². The molecule has 0 saturated carbocycles. The molecule has 1 aromatic heterocycles. The first kappa shape index (κ1) is 14.0. The summed E-state index contributed by atoms with van der Waals surface area (Å²) in [7, 11) is 0. The quantitative estimate of drug-likeness (QED) is 0.829. The second-order valence-electron chi connectivity index (χ2n) is 5.86. The zero-order valence-corrected chi connectivity index (χ0v) is 12.5. The van der Waals surface area contributed by atoms with Gasteiger partial charge in [-0.2, -0.15) is 5.10 Å². The van der Waals surface area contributed by atoms with Gasteiger partial charge >= 0.3 is 0 Å². The molecule has 0 radical (unpaired) electrons. The highest BCUT2D eigenvalue weighted by molar-refractivity contribution is 5.04. The Bertz CT molecular complexity index is 406. The second kappa shape index (κ2) is 6.70. The summed E-state index contributed by atoms with van der Waals surface area (Å²) in [5.74, 6) is 0. The number of piperazine rings is 1. The molecule has 0 aromatic carbocycles. The van der Waals surface area contributed by atoms with Crippen molar-refractivity contribution >= 4 is 0 Å². The molecule has 0 unspecified atom stereocenters. The van der Waals surface area contributed by atoms with E-state index >= 15 is 0 Å². The average Bonchev–Trinajstić information content (AvgIpc) is 2.97. The fourth-order valence-electron chi connectivity index (χ4n) is 3.26. The van der Waals surface area contributed by atoms with Gasteiger partial charge in [0.25, 0.3) is 0 Å². The third-order valence-electron chi connectivity index (χ3n) is 4.53. The van der Waals surface area contributed by atoms with Crippen molar-refractivity contribution in [3.63, 3.8) is 0 Å². The van der Waals surface area contributed by atoms with E-state index in [4.69, 9.17) is 4.74 Å². The first-order valence-electron chi connectivity index (χ1n) is 7.90. The summed E-state index contributed by atoms with van der Waals surface area (Å²) in [5, 5.41) is 4.35. The van der Waals surface area contributed by atoms with Gasteiger partial charge in [-0.15, -0.1) is 0 Å². The molecule has 1 aromatic rings. The van der Waals surface area contributed by atoms with Crippen molar-refractivity contribution in [2.45, 2.75) is 38.9 Å². The molecule has 2 aliphatic rings. The van der Waals surface area contributed by atoms with Crippen molar-refractivity contribution in [1.29, 1.82) is 0 Å². The molecule has 5 nitrogen and oxygen atoms in total. The molecule has 3 rings (SSSR count). The van der Waals surface area contributed by atoms with Gasteiger partial charge in [-0.25, -0.2) is 0 Å². The van der Waals surface area contributed by atoms with Crippen LogP contribution in [0, 0.1) is 0 Å². The van der Waals surface area contributed by atoms with Crippen LogP contribution < -0.4 is 0 Å². The Labute approximate surface area is 121 Å². The van der Waals surface area contributed by atoms with E-state index in [0.29, 0.717) is 0 Å². The van der Waals surface area contributed by atoms with Gasteiger partial charge < -0.3 is 4.74 Å². The molecule has 5 heteroatoms. The van der Waals surface area contributed by atoms with Gasteiger partial charge in [-0.3, -0.25) is 14.5 Å². The zero-order chi connectivity index (χ0) is 13.8. The minimum Gasteiger partial charge on any atom is -0.381 e. The lowest BCUT2D eigenvalue weighted by Gasteiger charge is -2.40. The predicted octanol–water partition coefficient (Wildman–Crippen LogP) is 1.20. The largest absolute Gasteiger partial charge is 0.381 e. The molecule has 112 valence electrons. The molecule has 2 aliphatic heterocycles. The lowest BCUT2D eigenvalue weighted by atomic mass is 10.1. The van der Waals surface area contributed by atoms with E-state index in [-0.39, 0.29) is 0 Å². The van der Waals surface area contributed by atoms with Crippen LogP contribution in [0.5, 0.6) is 0 Å². The van der Waals surface area contributed by atoms with Crippen molar-refractivity contribution in [2.75, 3.05) is 39.4 Å². The van der Waals surface area contributed by atoms with Crippen LogP contribution >= 0.6 is 0 Å². The van der Waals surface area contributed by atoms with E-state index in [9.17, 15) is 0 Å². The highest BCUT2D eigenvalue weighted by Gasteiger charge is 2.25. The molecule has 0 spiro atoms. The number of nitrogens with zero attached hydrogens (tertiary/aromatic N) is 4. The Kier molecular flexibility index (Phi) is 4.70. The molecule has 2 fully saturated rings. The minimum atomic E-state index is 0.758. The maximum absolute atomic E-state index is 5.46. The van der Waals surface area contributed by atoms with Gasteiger partial charge in [0.15, 0.2) is 0 Å². The molecule has 0 N–H and O–H groups in total. The van der Waals surface area contributed by atoms with Crippen molar-refractivity contribution in [3.05, 3.63) is 18.0 Å². The van der Waals surface area contributed by atoms with E-state index in [1.807, 2.05) is 10.9 Å². The van der Waals surface area contributed by atoms with E-state index in [1.165, 1.54) is 44.6 Å². The lowest BCUT2D eigenvalue weighted by molar-refractivity contribution is 0.0126. The van der Waals surface area contributed by atoms with E-state index in [0.717, 1.165) is 32.3 Å². The Hall–Kier alpha value is -0.910. The SMILES string of the molecule is CCn1cc(CN2CCN(C3CCOCC3)CC2)cn1.